The number of carbonyl (C=O) groups is 1. The van der Waals surface area contributed by atoms with Gasteiger partial charge in [0.2, 0.25) is 0 Å². The van der Waals surface area contributed by atoms with E-state index < -0.39 is 5.97 Å². The minimum absolute atomic E-state index is 0.209. The third-order valence-corrected chi connectivity index (χ3v) is 4.45. The zero-order valence-corrected chi connectivity index (χ0v) is 13.2. The van der Waals surface area contributed by atoms with Crippen molar-refractivity contribution in [3.63, 3.8) is 0 Å². The van der Waals surface area contributed by atoms with Crippen LogP contribution in [0.1, 0.15) is 44.1 Å². The summed E-state index contributed by atoms with van der Waals surface area (Å²) in [7, 11) is 0. The van der Waals surface area contributed by atoms with Gasteiger partial charge in [-0.05, 0) is 36.5 Å². The Kier molecular flexibility index (Phi) is 6.52. The second-order valence-electron chi connectivity index (χ2n) is 6.01. The molecule has 2 rings (SSSR count). The first-order chi connectivity index (χ1) is 10.1. The molecule has 0 radical (unpaired) electrons. The quantitative estimate of drug-likeness (QED) is 0.820. The fourth-order valence-corrected chi connectivity index (χ4v) is 3.20. The summed E-state index contributed by atoms with van der Waals surface area (Å²) in [6.07, 6.45) is 6.76. The number of aliphatic carboxylic acids is 1. The van der Waals surface area contributed by atoms with Gasteiger partial charge in [-0.25, -0.2) is 0 Å². The molecule has 0 amide bonds. The summed E-state index contributed by atoms with van der Waals surface area (Å²) in [4.78, 5) is 13.1. The number of benzene rings is 1. The molecule has 0 spiro atoms. The number of hydrogen-bond acceptors (Lipinski definition) is 2. The van der Waals surface area contributed by atoms with Crippen LogP contribution >= 0.6 is 11.6 Å². The highest BCUT2D eigenvalue weighted by atomic mass is 35.5. The molecule has 1 aliphatic rings. The maximum Gasteiger partial charge on any atom is 0.304 e. The molecule has 0 saturated heterocycles. The van der Waals surface area contributed by atoms with Crippen molar-refractivity contribution in [2.24, 2.45) is 5.92 Å². The van der Waals surface area contributed by atoms with Gasteiger partial charge < -0.3 is 5.11 Å². The largest absolute Gasteiger partial charge is 0.481 e. The number of nitrogens with zero attached hydrogens (tertiary/aromatic N) is 1. The van der Waals surface area contributed by atoms with Crippen LogP contribution in [0.2, 0.25) is 5.02 Å². The lowest BCUT2D eigenvalue weighted by Gasteiger charge is -2.29. The Bertz CT molecular complexity index is 441. The highest BCUT2D eigenvalue weighted by Crippen LogP contribution is 2.25. The van der Waals surface area contributed by atoms with Crippen LogP contribution in [-0.2, 0) is 11.3 Å². The fourth-order valence-electron chi connectivity index (χ4n) is 3.07. The Morgan fingerprint density at radius 3 is 2.48 bits per heavy atom. The lowest BCUT2D eigenvalue weighted by atomic mass is 9.89. The maximum atomic E-state index is 10.8. The van der Waals surface area contributed by atoms with Gasteiger partial charge in [0, 0.05) is 24.7 Å². The van der Waals surface area contributed by atoms with E-state index in [1.165, 1.54) is 37.7 Å². The first-order valence-corrected chi connectivity index (χ1v) is 8.20. The Morgan fingerprint density at radius 2 is 1.86 bits per heavy atom. The van der Waals surface area contributed by atoms with E-state index in [1.54, 1.807) is 0 Å². The standard InChI is InChI=1S/C17H24ClNO2/c18-16-8-6-15(7-9-16)13-19(11-10-17(20)21)12-14-4-2-1-3-5-14/h6-9,14H,1-5,10-13H2,(H,20,21). The molecule has 1 N–H and O–H groups in total. The molecule has 0 heterocycles. The van der Waals surface area contributed by atoms with Crippen LogP contribution in [-0.4, -0.2) is 29.1 Å². The second kappa shape index (κ2) is 8.40. The van der Waals surface area contributed by atoms with Crippen molar-refractivity contribution in [1.29, 1.82) is 0 Å². The zero-order valence-electron chi connectivity index (χ0n) is 12.4. The summed E-state index contributed by atoms with van der Waals surface area (Å²) in [5, 5.41) is 9.67. The van der Waals surface area contributed by atoms with E-state index in [0.717, 1.165) is 24.0 Å². The van der Waals surface area contributed by atoms with Gasteiger partial charge in [0.15, 0.2) is 0 Å². The van der Waals surface area contributed by atoms with Crippen LogP contribution in [0, 0.1) is 5.92 Å². The molecule has 21 heavy (non-hydrogen) atoms. The second-order valence-corrected chi connectivity index (χ2v) is 6.45. The summed E-state index contributed by atoms with van der Waals surface area (Å²) in [6, 6.07) is 7.84. The summed E-state index contributed by atoms with van der Waals surface area (Å²) < 4.78 is 0. The van der Waals surface area contributed by atoms with Gasteiger partial charge >= 0.3 is 5.97 Å². The zero-order chi connectivity index (χ0) is 15.1. The van der Waals surface area contributed by atoms with Crippen LogP contribution in [0.4, 0.5) is 0 Å². The number of carboxylic acid groups (broad SMARTS) is 1. The third-order valence-electron chi connectivity index (χ3n) is 4.20. The number of halogens is 1. The van der Waals surface area contributed by atoms with Crippen LogP contribution in [0.3, 0.4) is 0 Å². The minimum Gasteiger partial charge on any atom is -0.481 e. The predicted octanol–water partition coefficient (Wildman–Crippen LogP) is 4.20. The van der Waals surface area contributed by atoms with Gasteiger partial charge in [-0.2, -0.15) is 0 Å². The average Bonchev–Trinajstić information content (AvgIpc) is 2.48. The van der Waals surface area contributed by atoms with Crippen LogP contribution in [0.15, 0.2) is 24.3 Å². The molecular formula is C17H24ClNO2. The first kappa shape index (κ1) is 16.3. The van der Waals surface area contributed by atoms with Crippen molar-refractivity contribution in [3.05, 3.63) is 34.9 Å². The molecule has 1 fully saturated rings. The molecule has 1 aliphatic carbocycles. The average molecular weight is 310 g/mol. The summed E-state index contributed by atoms with van der Waals surface area (Å²) in [5.74, 6) is -0.000375. The van der Waals surface area contributed by atoms with Gasteiger partial charge in [0.05, 0.1) is 6.42 Å². The van der Waals surface area contributed by atoms with Gasteiger partial charge in [0.25, 0.3) is 0 Å². The summed E-state index contributed by atoms with van der Waals surface area (Å²) in [6.45, 7) is 2.44. The van der Waals surface area contributed by atoms with E-state index in [0.29, 0.717) is 6.54 Å². The fraction of sp³-hybridized carbons (Fsp3) is 0.588. The smallest absolute Gasteiger partial charge is 0.304 e. The topological polar surface area (TPSA) is 40.5 Å². The molecule has 0 atom stereocenters. The van der Waals surface area contributed by atoms with Crippen molar-refractivity contribution in [3.8, 4) is 0 Å². The Hall–Kier alpha value is -1.06. The summed E-state index contributed by atoms with van der Waals surface area (Å²) >= 11 is 5.92. The number of hydrogen-bond donors (Lipinski definition) is 1. The molecule has 0 aliphatic heterocycles. The molecule has 1 aromatic carbocycles. The molecule has 4 heteroatoms. The van der Waals surface area contributed by atoms with Gasteiger partial charge in [0.1, 0.15) is 0 Å². The third kappa shape index (κ3) is 6.06. The minimum atomic E-state index is -0.722. The summed E-state index contributed by atoms with van der Waals surface area (Å²) in [5.41, 5.74) is 1.19. The highest BCUT2D eigenvalue weighted by molar-refractivity contribution is 6.30. The van der Waals surface area contributed by atoms with Crippen LogP contribution in [0.25, 0.3) is 0 Å². The van der Waals surface area contributed by atoms with E-state index in [9.17, 15) is 4.79 Å². The van der Waals surface area contributed by atoms with Crippen molar-refractivity contribution in [1.82, 2.24) is 4.90 Å². The Morgan fingerprint density at radius 1 is 1.19 bits per heavy atom. The molecule has 1 aromatic rings. The molecule has 3 nitrogen and oxygen atoms in total. The SMILES string of the molecule is O=C(O)CCN(Cc1ccc(Cl)cc1)CC1CCCCC1. The normalized spacial score (nSPS) is 16.3. The van der Waals surface area contributed by atoms with E-state index in [4.69, 9.17) is 16.7 Å². The molecule has 116 valence electrons. The van der Waals surface area contributed by atoms with Gasteiger partial charge in [-0.1, -0.05) is 43.0 Å². The Balaban J connectivity index is 1.93. The van der Waals surface area contributed by atoms with Crippen molar-refractivity contribution >= 4 is 17.6 Å². The van der Waals surface area contributed by atoms with Crippen molar-refractivity contribution in [2.45, 2.75) is 45.1 Å². The maximum absolute atomic E-state index is 10.8. The molecule has 0 bridgehead atoms. The highest BCUT2D eigenvalue weighted by Gasteiger charge is 2.18. The molecule has 0 aromatic heterocycles. The van der Waals surface area contributed by atoms with Gasteiger partial charge in [-0.15, -0.1) is 0 Å². The van der Waals surface area contributed by atoms with Crippen LogP contribution in [0.5, 0.6) is 0 Å². The molecule has 1 saturated carbocycles. The van der Waals surface area contributed by atoms with E-state index >= 15 is 0 Å². The predicted molar refractivity (Wildman–Crippen MR) is 85.6 cm³/mol. The van der Waals surface area contributed by atoms with Crippen molar-refractivity contribution < 1.29 is 9.90 Å². The number of rotatable bonds is 7. The molecular weight excluding hydrogens is 286 g/mol. The van der Waals surface area contributed by atoms with E-state index in [2.05, 4.69) is 4.90 Å². The molecule has 0 unspecified atom stereocenters. The lowest BCUT2D eigenvalue weighted by Crippen LogP contribution is -2.32. The number of carboxylic acids is 1. The van der Waals surface area contributed by atoms with Gasteiger partial charge in [-0.3, -0.25) is 9.69 Å². The van der Waals surface area contributed by atoms with Crippen LogP contribution < -0.4 is 0 Å². The monoisotopic (exact) mass is 309 g/mol. The van der Waals surface area contributed by atoms with E-state index in [-0.39, 0.29) is 6.42 Å². The van der Waals surface area contributed by atoms with Crippen molar-refractivity contribution in [2.75, 3.05) is 13.1 Å². The lowest BCUT2D eigenvalue weighted by molar-refractivity contribution is -0.137. The Labute approximate surface area is 131 Å². The first-order valence-electron chi connectivity index (χ1n) is 7.82. The van der Waals surface area contributed by atoms with E-state index in [1.807, 2.05) is 24.3 Å².